The molecule has 0 aromatic heterocycles. The summed E-state index contributed by atoms with van der Waals surface area (Å²) in [4.78, 5) is 0. The van der Waals surface area contributed by atoms with Gasteiger partial charge in [0.25, 0.3) is 0 Å². The monoisotopic (exact) mass is 250 g/mol. The maximum absolute atomic E-state index is 12.7. The van der Waals surface area contributed by atoms with Crippen LogP contribution in [0.5, 0.6) is 0 Å². The van der Waals surface area contributed by atoms with Crippen LogP contribution in [0.3, 0.4) is 0 Å². The van der Waals surface area contributed by atoms with Crippen LogP contribution in [-0.4, -0.2) is 26.2 Å². The Kier molecular flexibility index (Phi) is 5.62. The lowest BCUT2D eigenvalue weighted by molar-refractivity contribution is 0.352. The highest BCUT2D eigenvalue weighted by Crippen LogP contribution is 2.12. The van der Waals surface area contributed by atoms with Gasteiger partial charge in [0, 0.05) is 0 Å². The molecule has 2 N–H and O–H groups in total. The smallest absolute Gasteiger partial charge is 0.123 e. The highest BCUT2D eigenvalue weighted by molar-refractivity contribution is 5.16. The van der Waals surface area contributed by atoms with Gasteiger partial charge >= 0.3 is 0 Å². The molecule has 1 aromatic carbocycles. The van der Waals surface area contributed by atoms with E-state index >= 15 is 0 Å². The molecule has 1 saturated heterocycles. The predicted molar refractivity (Wildman–Crippen MR) is 73.2 cm³/mol. The van der Waals surface area contributed by atoms with Gasteiger partial charge in [-0.3, -0.25) is 0 Å². The second kappa shape index (κ2) is 7.49. The van der Waals surface area contributed by atoms with E-state index in [1.165, 1.54) is 50.0 Å². The fraction of sp³-hybridized carbons (Fsp3) is 0.600. The molecule has 0 saturated carbocycles. The number of piperidine rings is 1. The molecule has 1 aliphatic heterocycles. The van der Waals surface area contributed by atoms with E-state index in [0.717, 1.165) is 25.4 Å². The molecule has 1 heterocycles. The van der Waals surface area contributed by atoms with Gasteiger partial charge in [0.15, 0.2) is 0 Å². The van der Waals surface area contributed by atoms with E-state index in [9.17, 15) is 4.39 Å². The van der Waals surface area contributed by atoms with Crippen LogP contribution in [-0.2, 0) is 6.42 Å². The highest BCUT2D eigenvalue weighted by atomic mass is 19.1. The van der Waals surface area contributed by atoms with Gasteiger partial charge in [-0.1, -0.05) is 12.1 Å². The molecule has 2 nitrogen and oxygen atoms in total. The Labute approximate surface area is 109 Å². The van der Waals surface area contributed by atoms with Gasteiger partial charge in [0.05, 0.1) is 0 Å². The lowest BCUT2D eigenvalue weighted by Crippen LogP contribution is -2.32. The first-order valence-corrected chi connectivity index (χ1v) is 7.00. The van der Waals surface area contributed by atoms with Crippen molar-refractivity contribution >= 4 is 0 Å². The largest absolute Gasteiger partial charge is 0.316 e. The van der Waals surface area contributed by atoms with Gasteiger partial charge in [0.2, 0.25) is 0 Å². The summed E-state index contributed by atoms with van der Waals surface area (Å²) >= 11 is 0. The minimum absolute atomic E-state index is 0.156. The van der Waals surface area contributed by atoms with Crippen LogP contribution in [0.15, 0.2) is 24.3 Å². The molecular formula is C15H23FN2. The molecule has 0 radical (unpaired) electrons. The Bertz CT molecular complexity index is 331. The van der Waals surface area contributed by atoms with Gasteiger partial charge in [-0.2, -0.15) is 0 Å². The van der Waals surface area contributed by atoms with Crippen molar-refractivity contribution in [3.05, 3.63) is 35.6 Å². The Morgan fingerprint density at radius 3 is 2.78 bits per heavy atom. The van der Waals surface area contributed by atoms with Crippen LogP contribution in [0, 0.1) is 11.7 Å². The zero-order chi connectivity index (χ0) is 12.6. The molecule has 0 aliphatic carbocycles. The number of hydrogen-bond donors (Lipinski definition) is 2. The summed E-state index contributed by atoms with van der Waals surface area (Å²) in [5.41, 5.74) is 1.20. The average molecular weight is 250 g/mol. The van der Waals surface area contributed by atoms with E-state index in [1.807, 2.05) is 12.1 Å². The maximum Gasteiger partial charge on any atom is 0.123 e. The third kappa shape index (κ3) is 4.75. The second-order valence-electron chi connectivity index (χ2n) is 5.13. The Balaban J connectivity index is 1.54. The molecular weight excluding hydrogens is 227 g/mol. The van der Waals surface area contributed by atoms with Crippen molar-refractivity contribution in [2.75, 3.05) is 26.2 Å². The first kappa shape index (κ1) is 13.5. The van der Waals surface area contributed by atoms with Gasteiger partial charge in [-0.25, -0.2) is 4.39 Å². The van der Waals surface area contributed by atoms with E-state index in [1.54, 1.807) is 0 Å². The van der Waals surface area contributed by atoms with Crippen LogP contribution < -0.4 is 10.6 Å². The van der Waals surface area contributed by atoms with Crippen molar-refractivity contribution < 1.29 is 4.39 Å². The van der Waals surface area contributed by atoms with Gasteiger partial charge in [-0.05, 0) is 75.5 Å². The van der Waals surface area contributed by atoms with Crippen molar-refractivity contribution in [3.8, 4) is 0 Å². The number of halogens is 1. The first-order chi connectivity index (χ1) is 8.84. The van der Waals surface area contributed by atoms with Crippen LogP contribution >= 0.6 is 0 Å². The molecule has 1 aliphatic rings. The standard InChI is InChI=1S/C15H23FN2/c16-15-5-3-13(4-6-15)7-10-17-11-8-14-2-1-9-18-12-14/h3-6,14,17-18H,1-2,7-12H2. The quantitative estimate of drug-likeness (QED) is 0.757. The van der Waals surface area contributed by atoms with Crippen molar-refractivity contribution in [3.63, 3.8) is 0 Å². The molecule has 1 atom stereocenters. The second-order valence-corrected chi connectivity index (χ2v) is 5.13. The van der Waals surface area contributed by atoms with E-state index in [4.69, 9.17) is 0 Å². The van der Waals surface area contributed by atoms with Crippen molar-refractivity contribution in [1.29, 1.82) is 0 Å². The fourth-order valence-electron chi connectivity index (χ4n) is 2.49. The molecule has 0 spiro atoms. The van der Waals surface area contributed by atoms with Gasteiger partial charge in [0.1, 0.15) is 5.82 Å². The summed E-state index contributed by atoms with van der Waals surface area (Å²) in [6.07, 6.45) is 4.92. The van der Waals surface area contributed by atoms with Crippen LogP contribution in [0.4, 0.5) is 4.39 Å². The van der Waals surface area contributed by atoms with Gasteiger partial charge < -0.3 is 10.6 Å². The molecule has 0 bridgehead atoms. The summed E-state index contributed by atoms with van der Waals surface area (Å²) in [6.45, 7) is 4.44. The van der Waals surface area contributed by atoms with Crippen molar-refractivity contribution in [1.82, 2.24) is 10.6 Å². The lowest BCUT2D eigenvalue weighted by Gasteiger charge is -2.22. The van der Waals surface area contributed by atoms with E-state index in [0.29, 0.717) is 0 Å². The number of benzene rings is 1. The molecule has 1 unspecified atom stereocenters. The summed E-state index contributed by atoms with van der Waals surface area (Å²) in [7, 11) is 0. The van der Waals surface area contributed by atoms with Crippen molar-refractivity contribution in [2.45, 2.75) is 25.7 Å². The SMILES string of the molecule is Fc1ccc(CCNCCC2CCCNC2)cc1. The Morgan fingerprint density at radius 1 is 1.22 bits per heavy atom. The minimum atomic E-state index is -0.156. The number of nitrogens with one attached hydrogen (secondary N) is 2. The minimum Gasteiger partial charge on any atom is -0.316 e. The van der Waals surface area contributed by atoms with E-state index < -0.39 is 0 Å². The summed E-state index contributed by atoms with van der Waals surface area (Å²) < 4.78 is 12.7. The molecule has 1 aromatic rings. The summed E-state index contributed by atoms with van der Waals surface area (Å²) in [5, 5.41) is 6.92. The molecule has 100 valence electrons. The van der Waals surface area contributed by atoms with Crippen LogP contribution in [0.25, 0.3) is 0 Å². The Morgan fingerprint density at radius 2 is 2.06 bits per heavy atom. The molecule has 3 heteroatoms. The molecule has 1 fully saturated rings. The number of rotatable bonds is 6. The van der Waals surface area contributed by atoms with Crippen LogP contribution in [0.1, 0.15) is 24.8 Å². The highest BCUT2D eigenvalue weighted by Gasteiger charge is 2.11. The Hall–Kier alpha value is -0.930. The maximum atomic E-state index is 12.7. The van der Waals surface area contributed by atoms with E-state index in [2.05, 4.69) is 10.6 Å². The third-order valence-corrected chi connectivity index (χ3v) is 3.63. The fourth-order valence-corrected chi connectivity index (χ4v) is 2.49. The molecule has 2 rings (SSSR count). The predicted octanol–water partition coefficient (Wildman–Crippen LogP) is 2.35. The number of hydrogen-bond acceptors (Lipinski definition) is 2. The first-order valence-electron chi connectivity index (χ1n) is 7.00. The van der Waals surface area contributed by atoms with E-state index in [-0.39, 0.29) is 5.82 Å². The summed E-state index contributed by atoms with van der Waals surface area (Å²) in [6, 6.07) is 6.79. The summed E-state index contributed by atoms with van der Waals surface area (Å²) in [5.74, 6) is 0.688. The lowest BCUT2D eigenvalue weighted by atomic mass is 9.96. The average Bonchev–Trinajstić information content (AvgIpc) is 2.42. The van der Waals surface area contributed by atoms with Gasteiger partial charge in [-0.15, -0.1) is 0 Å². The molecule has 18 heavy (non-hydrogen) atoms. The topological polar surface area (TPSA) is 24.1 Å². The zero-order valence-electron chi connectivity index (χ0n) is 10.9. The third-order valence-electron chi connectivity index (χ3n) is 3.63. The van der Waals surface area contributed by atoms with Crippen molar-refractivity contribution in [2.24, 2.45) is 5.92 Å². The zero-order valence-corrected chi connectivity index (χ0v) is 10.9. The normalized spacial score (nSPS) is 19.9. The van der Waals surface area contributed by atoms with Crippen LogP contribution in [0.2, 0.25) is 0 Å². The molecule has 0 amide bonds.